The topological polar surface area (TPSA) is 40.3 Å². The SMILES string of the molecule is C/C=C(\C=C/NCc1ccc(C#N)cc1)C1=C[NH+](Cc2ccccc2)C=C1. The van der Waals surface area contributed by atoms with Gasteiger partial charge in [0, 0.05) is 23.8 Å². The molecule has 1 aliphatic heterocycles. The summed E-state index contributed by atoms with van der Waals surface area (Å²) < 4.78 is 0. The lowest BCUT2D eigenvalue weighted by atomic mass is 10.1. The highest BCUT2D eigenvalue weighted by atomic mass is 15.1. The van der Waals surface area contributed by atoms with E-state index in [9.17, 15) is 0 Å². The van der Waals surface area contributed by atoms with E-state index in [0.717, 1.165) is 18.7 Å². The van der Waals surface area contributed by atoms with Gasteiger partial charge < -0.3 is 5.32 Å². The Morgan fingerprint density at radius 3 is 2.56 bits per heavy atom. The van der Waals surface area contributed by atoms with Crippen LogP contribution in [0.3, 0.4) is 0 Å². The van der Waals surface area contributed by atoms with E-state index in [1.807, 2.05) is 36.5 Å². The molecule has 3 rings (SSSR count). The predicted molar refractivity (Wildman–Crippen MR) is 109 cm³/mol. The van der Waals surface area contributed by atoms with Crippen molar-refractivity contribution in [1.82, 2.24) is 5.32 Å². The van der Waals surface area contributed by atoms with Crippen molar-refractivity contribution >= 4 is 0 Å². The summed E-state index contributed by atoms with van der Waals surface area (Å²) in [6.07, 6.45) is 12.8. The summed E-state index contributed by atoms with van der Waals surface area (Å²) in [6.45, 7) is 3.75. The molecule has 3 heteroatoms. The zero-order valence-corrected chi connectivity index (χ0v) is 15.5. The van der Waals surface area contributed by atoms with Crippen molar-refractivity contribution in [1.29, 1.82) is 5.26 Å². The van der Waals surface area contributed by atoms with Gasteiger partial charge in [0.15, 0.2) is 0 Å². The van der Waals surface area contributed by atoms with E-state index < -0.39 is 0 Å². The lowest BCUT2D eigenvalue weighted by Crippen LogP contribution is -3.00. The predicted octanol–water partition coefficient (Wildman–Crippen LogP) is 3.60. The average molecular weight is 354 g/mol. The Labute approximate surface area is 161 Å². The van der Waals surface area contributed by atoms with Crippen LogP contribution in [0, 0.1) is 11.3 Å². The van der Waals surface area contributed by atoms with E-state index in [4.69, 9.17) is 5.26 Å². The monoisotopic (exact) mass is 354 g/mol. The highest BCUT2D eigenvalue weighted by molar-refractivity contribution is 5.46. The molecule has 0 aliphatic carbocycles. The second-order valence-electron chi connectivity index (χ2n) is 6.44. The summed E-state index contributed by atoms with van der Waals surface area (Å²) in [5, 5.41) is 12.2. The zero-order chi connectivity index (χ0) is 18.9. The maximum atomic E-state index is 8.84. The second kappa shape index (κ2) is 9.38. The molecule has 2 aromatic rings. The molecule has 0 amide bonds. The van der Waals surface area contributed by atoms with Crippen molar-refractivity contribution in [3.63, 3.8) is 0 Å². The van der Waals surface area contributed by atoms with Gasteiger partial charge in [-0.3, -0.25) is 4.90 Å². The third kappa shape index (κ3) is 5.31. The van der Waals surface area contributed by atoms with E-state index in [-0.39, 0.29) is 0 Å². The van der Waals surface area contributed by atoms with Gasteiger partial charge in [0.1, 0.15) is 12.7 Å². The number of allylic oxidation sites excluding steroid dienone is 5. The Hall–Kier alpha value is -3.35. The van der Waals surface area contributed by atoms with Gasteiger partial charge in [-0.2, -0.15) is 5.26 Å². The zero-order valence-electron chi connectivity index (χ0n) is 15.5. The van der Waals surface area contributed by atoms with Crippen molar-refractivity contribution in [3.8, 4) is 6.07 Å². The molecule has 0 spiro atoms. The van der Waals surface area contributed by atoms with Crippen LogP contribution in [0.5, 0.6) is 0 Å². The smallest absolute Gasteiger partial charge is 0.111 e. The van der Waals surface area contributed by atoms with Gasteiger partial charge in [0.2, 0.25) is 0 Å². The summed E-state index contributed by atoms with van der Waals surface area (Å²) in [5.74, 6) is 0. The quantitative estimate of drug-likeness (QED) is 0.746. The number of quaternary nitrogens is 1. The number of nitriles is 1. The first-order chi connectivity index (χ1) is 13.3. The van der Waals surface area contributed by atoms with E-state index in [0.29, 0.717) is 5.56 Å². The number of rotatable bonds is 7. The summed E-state index contributed by atoms with van der Waals surface area (Å²) in [7, 11) is 0. The van der Waals surface area contributed by atoms with E-state index >= 15 is 0 Å². The van der Waals surface area contributed by atoms with Gasteiger partial charge in [-0.05, 0) is 42.5 Å². The molecule has 1 atom stereocenters. The molecule has 0 saturated heterocycles. The molecular formula is C24H24N3+. The molecule has 27 heavy (non-hydrogen) atoms. The van der Waals surface area contributed by atoms with Gasteiger partial charge in [0.25, 0.3) is 0 Å². The van der Waals surface area contributed by atoms with Crippen LogP contribution in [-0.4, -0.2) is 0 Å². The minimum atomic E-state index is 0.688. The van der Waals surface area contributed by atoms with E-state index in [1.165, 1.54) is 21.6 Å². The lowest BCUT2D eigenvalue weighted by Gasteiger charge is -2.06. The van der Waals surface area contributed by atoms with Crippen LogP contribution in [0.4, 0.5) is 0 Å². The standard InChI is InChI=1S/C24H23N3/c1-2-23(12-14-26-17-21-10-8-20(16-25)9-11-21)24-13-15-27(19-24)18-22-6-4-3-5-7-22/h2-15,19,26H,17-18H2,1H3/p+1/b14-12-,23-2+. The van der Waals surface area contributed by atoms with Crippen molar-refractivity contribution in [2.45, 2.75) is 20.0 Å². The van der Waals surface area contributed by atoms with Crippen molar-refractivity contribution in [2.24, 2.45) is 0 Å². The maximum absolute atomic E-state index is 8.84. The molecule has 0 fully saturated rings. The average Bonchev–Trinajstić information content (AvgIpc) is 3.17. The first kappa shape index (κ1) is 18.4. The maximum Gasteiger partial charge on any atom is 0.111 e. The molecule has 134 valence electrons. The van der Waals surface area contributed by atoms with Gasteiger partial charge in [-0.15, -0.1) is 0 Å². The third-order valence-electron chi connectivity index (χ3n) is 4.48. The summed E-state index contributed by atoms with van der Waals surface area (Å²) in [4.78, 5) is 1.33. The minimum Gasteiger partial charge on any atom is -0.387 e. The summed E-state index contributed by atoms with van der Waals surface area (Å²) >= 11 is 0. The van der Waals surface area contributed by atoms with Crippen LogP contribution in [0.2, 0.25) is 0 Å². The molecule has 0 saturated carbocycles. The fraction of sp³-hybridized carbons (Fsp3) is 0.125. The highest BCUT2D eigenvalue weighted by Gasteiger charge is 2.13. The van der Waals surface area contributed by atoms with Gasteiger partial charge in [0.05, 0.1) is 17.8 Å². The van der Waals surface area contributed by atoms with Crippen molar-refractivity contribution in [2.75, 3.05) is 0 Å². The van der Waals surface area contributed by atoms with Crippen molar-refractivity contribution in [3.05, 3.63) is 119 Å². The van der Waals surface area contributed by atoms with Gasteiger partial charge in [-0.25, -0.2) is 0 Å². The fourth-order valence-electron chi connectivity index (χ4n) is 3.00. The molecule has 1 aliphatic rings. The Morgan fingerprint density at radius 1 is 1.07 bits per heavy atom. The molecule has 0 aromatic heterocycles. The summed E-state index contributed by atoms with van der Waals surface area (Å²) in [5.41, 5.74) is 5.60. The number of hydrogen-bond donors (Lipinski definition) is 2. The fourth-order valence-corrected chi connectivity index (χ4v) is 3.00. The molecule has 2 aromatic carbocycles. The molecule has 1 unspecified atom stereocenters. The molecule has 1 heterocycles. The van der Waals surface area contributed by atoms with Crippen LogP contribution in [0.1, 0.15) is 23.6 Å². The first-order valence-electron chi connectivity index (χ1n) is 9.13. The number of nitrogens with zero attached hydrogens (tertiary/aromatic N) is 1. The molecule has 0 bridgehead atoms. The third-order valence-corrected chi connectivity index (χ3v) is 4.48. The highest BCUT2D eigenvalue weighted by Crippen LogP contribution is 2.14. The van der Waals surface area contributed by atoms with E-state index in [2.05, 4.69) is 73.2 Å². The molecular weight excluding hydrogens is 330 g/mol. The summed E-state index contributed by atoms with van der Waals surface area (Å²) in [6, 6.07) is 20.3. The lowest BCUT2D eigenvalue weighted by molar-refractivity contribution is -0.803. The van der Waals surface area contributed by atoms with Crippen LogP contribution in [0.15, 0.2) is 103 Å². The number of hydrogen-bond acceptors (Lipinski definition) is 2. The Kier molecular flexibility index (Phi) is 6.40. The Bertz CT molecular complexity index is 910. The largest absolute Gasteiger partial charge is 0.387 e. The van der Waals surface area contributed by atoms with Crippen LogP contribution >= 0.6 is 0 Å². The molecule has 2 N–H and O–H groups in total. The van der Waals surface area contributed by atoms with Gasteiger partial charge in [-0.1, -0.05) is 48.5 Å². The first-order valence-corrected chi connectivity index (χ1v) is 9.13. The number of nitrogens with one attached hydrogen (secondary N) is 2. The Balaban J connectivity index is 1.54. The number of benzene rings is 2. The van der Waals surface area contributed by atoms with Crippen LogP contribution in [0.25, 0.3) is 0 Å². The van der Waals surface area contributed by atoms with Crippen LogP contribution in [-0.2, 0) is 13.1 Å². The van der Waals surface area contributed by atoms with Gasteiger partial charge >= 0.3 is 0 Å². The van der Waals surface area contributed by atoms with E-state index in [1.54, 1.807) is 0 Å². The van der Waals surface area contributed by atoms with Crippen LogP contribution < -0.4 is 10.2 Å². The van der Waals surface area contributed by atoms with Crippen molar-refractivity contribution < 1.29 is 4.90 Å². The molecule has 3 nitrogen and oxygen atoms in total. The minimum absolute atomic E-state index is 0.688. The molecule has 0 radical (unpaired) electrons. The second-order valence-corrected chi connectivity index (χ2v) is 6.44. The normalized spacial score (nSPS) is 16.4. The Morgan fingerprint density at radius 2 is 1.85 bits per heavy atom.